The summed E-state index contributed by atoms with van der Waals surface area (Å²) in [6, 6.07) is 4.14. The van der Waals surface area contributed by atoms with E-state index in [1.54, 1.807) is 6.07 Å². The quantitative estimate of drug-likeness (QED) is 0.201. The number of rotatable bonds is 5. The topological polar surface area (TPSA) is 154 Å². The van der Waals surface area contributed by atoms with Crippen molar-refractivity contribution in [2.24, 2.45) is 10.8 Å². The third kappa shape index (κ3) is 3.60. The number of carbonyl (C=O) groups excluding carboxylic acids is 1. The number of benzene rings is 1. The Balaban J connectivity index is 3.26. The van der Waals surface area contributed by atoms with Gasteiger partial charge in [0.15, 0.2) is 17.3 Å². The fourth-order valence-corrected chi connectivity index (χ4v) is 1.35. The molecule has 0 bridgehead atoms. The molecule has 0 aliphatic carbocycles. The summed E-state index contributed by atoms with van der Waals surface area (Å²) in [4.78, 5) is 11.5. The van der Waals surface area contributed by atoms with Crippen LogP contribution in [0.3, 0.4) is 0 Å². The zero-order valence-electron chi connectivity index (χ0n) is 11.3. The van der Waals surface area contributed by atoms with Gasteiger partial charge in [-0.25, -0.2) is 4.79 Å². The monoisotopic (exact) mass is 291 g/mol. The molecule has 0 aliphatic rings. The Morgan fingerprint density at radius 2 is 2.19 bits per heavy atom. The highest BCUT2D eigenvalue weighted by atomic mass is 16.5. The standard InChI is InChI=1S/C12H13N5O4/c1-20-9-4-6(12(19)21-2)3-7(10(9)18)16-17-8(5-13)11(14)15/h3-4,16,18H,1-2H3,(H3,14,15)/b17-8+. The summed E-state index contributed by atoms with van der Waals surface area (Å²) in [6.07, 6.45) is 0. The first kappa shape index (κ1) is 15.8. The van der Waals surface area contributed by atoms with Crippen molar-refractivity contribution in [2.45, 2.75) is 0 Å². The van der Waals surface area contributed by atoms with Gasteiger partial charge in [0.1, 0.15) is 11.8 Å². The molecular formula is C12H13N5O4. The van der Waals surface area contributed by atoms with Gasteiger partial charge in [-0.15, -0.1) is 0 Å². The van der Waals surface area contributed by atoms with Gasteiger partial charge in [0.25, 0.3) is 0 Å². The van der Waals surface area contributed by atoms with Gasteiger partial charge in [0, 0.05) is 0 Å². The van der Waals surface area contributed by atoms with Gasteiger partial charge in [0.05, 0.1) is 19.8 Å². The van der Waals surface area contributed by atoms with Crippen molar-refractivity contribution in [3.8, 4) is 17.6 Å². The maximum absolute atomic E-state index is 11.5. The van der Waals surface area contributed by atoms with E-state index in [1.165, 1.54) is 26.4 Å². The molecule has 21 heavy (non-hydrogen) atoms. The van der Waals surface area contributed by atoms with Crippen LogP contribution in [0.2, 0.25) is 0 Å². The smallest absolute Gasteiger partial charge is 0.338 e. The number of phenols is 1. The number of hydrogen-bond donors (Lipinski definition) is 4. The Kier molecular flexibility index (Phi) is 5.08. The molecule has 0 spiro atoms. The molecule has 5 N–H and O–H groups in total. The lowest BCUT2D eigenvalue weighted by molar-refractivity contribution is 0.0600. The number of nitriles is 1. The number of nitrogens with two attached hydrogens (primary N) is 1. The van der Waals surface area contributed by atoms with Crippen LogP contribution in [0.25, 0.3) is 0 Å². The summed E-state index contributed by atoms with van der Waals surface area (Å²) in [5.74, 6) is -1.50. The molecular weight excluding hydrogens is 278 g/mol. The van der Waals surface area contributed by atoms with E-state index in [1.807, 2.05) is 0 Å². The molecule has 0 heterocycles. The van der Waals surface area contributed by atoms with Crippen LogP contribution in [0.15, 0.2) is 17.2 Å². The number of ether oxygens (including phenoxy) is 2. The Morgan fingerprint density at radius 3 is 2.67 bits per heavy atom. The van der Waals surface area contributed by atoms with E-state index < -0.39 is 11.8 Å². The van der Waals surface area contributed by atoms with Crippen LogP contribution in [0.4, 0.5) is 5.69 Å². The van der Waals surface area contributed by atoms with Crippen LogP contribution >= 0.6 is 0 Å². The molecule has 110 valence electrons. The van der Waals surface area contributed by atoms with Crippen molar-refractivity contribution in [3.63, 3.8) is 0 Å². The summed E-state index contributed by atoms with van der Waals surface area (Å²) in [6.45, 7) is 0. The second-order valence-electron chi connectivity index (χ2n) is 3.66. The summed E-state index contributed by atoms with van der Waals surface area (Å²) < 4.78 is 9.49. The maximum Gasteiger partial charge on any atom is 0.338 e. The van der Waals surface area contributed by atoms with Crippen LogP contribution < -0.4 is 15.9 Å². The SMILES string of the molecule is COC(=O)c1cc(N/N=C(\C#N)C(=N)N)c(O)c(OC)c1. The van der Waals surface area contributed by atoms with Gasteiger partial charge in [-0.2, -0.15) is 10.4 Å². The molecule has 0 fully saturated rings. The first-order valence-corrected chi connectivity index (χ1v) is 5.52. The summed E-state index contributed by atoms with van der Waals surface area (Å²) >= 11 is 0. The van der Waals surface area contributed by atoms with E-state index in [0.29, 0.717) is 0 Å². The normalized spacial score (nSPS) is 10.4. The predicted octanol–water partition coefficient (Wildman–Crippen LogP) is 0.415. The molecule has 9 heteroatoms. The Hall–Kier alpha value is -3.28. The second kappa shape index (κ2) is 6.76. The first-order chi connectivity index (χ1) is 9.94. The van der Waals surface area contributed by atoms with Crippen molar-refractivity contribution >= 4 is 23.2 Å². The number of amidine groups is 1. The molecule has 0 saturated heterocycles. The van der Waals surface area contributed by atoms with Gasteiger partial charge in [0.2, 0.25) is 5.71 Å². The number of hydrazone groups is 1. The number of carbonyl (C=O) groups is 1. The average molecular weight is 291 g/mol. The fourth-order valence-electron chi connectivity index (χ4n) is 1.35. The molecule has 0 aromatic heterocycles. The zero-order chi connectivity index (χ0) is 16.0. The number of esters is 1. The van der Waals surface area contributed by atoms with E-state index in [9.17, 15) is 9.90 Å². The largest absolute Gasteiger partial charge is 0.503 e. The molecule has 0 radical (unpaired) electrons. The Morgan fingerprint density at radius 1 is 1.52 bits per heavy atom. The van der Waals surface area contributed by atoms with Gasteiger partial charge in [-0.1, -0.05) is 0 Å². The van der Waals surface area contributed by atoms with Crippen LogP contribution in [-0.4, -0.2) is 36.8 Å². The van der Waals surface area contributed by atoms with Crippen LogP contribution in [0.5, 0.6) is 11.5 Å². The van der Waals surface area contributed by atoms with E-state index in [0.717, 1.165) is 0 Å². The second-order valence-corrected chi connectivity index (χ2v) is 3.66. The van der Waals surface area contributed by atoms with Crippen molar-refractivity contribution in [2.75, 3.05) is 19.6 Å². The Labute approximate surface area is 120 Å². The molecule has 0 atom stereocenters. The number of phenolic OH excluding ortho intramolecular Hbond substituents is 1. The number of nitrogens with zero attached hydrogens (tertiary/aromatic N) is 2. The lowest BCUT2D eigenvalue weighted by Crippen LogP contribution is -2.21. The molecule has 0 amide bonds. The van der Waals surface area contributed by atoms with E-state index in [-0.39, 0.29) is 28.5 Å². The number of nitrogens with one attached hydrogen (secondary N) is 2. The van der Waals surface area contributed by atoms with Crippen molar-refractivity contribution in [3.05, 3.63) is 17.7 Å². The third-order valence-electron chi connectivity index (χ3n) is 2.37. The Bertz CT molecular complexity index is 648. The molecule has 0 unspecified atom stereocenters. The van der Waals surface area contributed by atoms with Crippen molar-refractivity contribution in [1.29, 1.82) is 10.7 Å². The molecule has 0 aliphatic heterocycles. The van der Waals surface area contributed by atoms with Crippen LogP contribution in [0, 0.1) is 16.7 Å². The first-order valence-electron chi connectivity index (χ1n) is 5.52. The zero-order valence-corrected chi connectivity index (χ0v) is 11.3. The van der Waals surface area contributed by atoms with Gasteiger partial charge >= 0.3 is 5.97 Å². The lowest BCUT2D eigenvalue weighted by Gasteiger charge is -2.10. The fraction of sp³-hybridized carbons (Fsp3) is 0.167. The van der Waals surface area contributed by atoms with Crippen molar-refractivity contribution in [1.82, 2.24) is 0 Å². The lowest BCUT2D eigenvalue weighted by atomic mass is 10.1. The average Bonchev–Trinajstić information content (AvgIpc) is 2.48. The highest BCUT2D eigenvalue weighted by Gasteiger charge is 2.15. The summed E-state index contributed by atoms with van der Waals surface area (Å²) in [7, 11) is 2.51. The maximum atomic E-state index is 11.5. The highest BCUT2D eigenvalue weighted by Crippen LogP contribution is 2.35. The third-order valence-corrected chi connectivity index (χ3v) is 2.37. The van der Waals surface area contributed by atoms with Gasteiger partial charge in [-0.3, -0.25) is 10.8 Å². The van der Waals surface area contributed by atoms with E-state index in [2.05, 4.69) is 15.3 Å². The van der Waals surface area contributed by atoms with E-state index in [4.69, 9.17) is 21.1 Å². The van der Waals surface area contributed by atoms with Gasteiger partial charge < -0.3 is 20.3 Å². The van der Waals surface area contributed by atoms with Crippen LogP contribution in [-0.2, 0) is 4.74 Å². The minimum Gasteiger partial charge on any atom is -0.503 e. The molecule has 9 nitrogen and oxygen atoms in total. The molecule has 0 saturated carbocycles. The van der Waals surface area contributed by atoms with Crippen molar-refractivity contribution < 1.29 is 19.4 Å². The molecule has 1 aromatic carbocycles. The minimum atomic E-state index is -0.646. The number of hydrogen-bond acceptors (Lipinski definition) is 8. The van der Waals surface area contributed by atoms with Crippen LogP contribution in [0.1, 0.15) is 10.4 Å². The highest BCUT2D eigenvalue weighted by molar-refractivity contribution is 6.45. The number of methoxy groups -OCH3 is 2. The predicted molar refractivity (Wildman–Crippen MR) is 74.6 cm³/mol. The number of aromatic hydroxyl groups is 1. The minimum absolute atomic E-state index is 0.0104. The molecule has 1 rings (SSSR count). The van der Waals surface area contributed by atoms with Gasteiger partial charge in [-0.05, 0) is 12.1 Å². The molecule has 1 aromatic rings. The number of anilines is 1. The summed E-state index contributed by atoms with van der Waals surface area (Å²) in [5.41, 5.74) is 7.19. The van der Waals surface area contributed by atoms with E-state index >= 15 is 0 Å². The summed E-state index contributed by atoms with van der Waals surface area (Å²) in [5, 5.41) is 29.3.